The molecule has 0 radical (unpaired) electrons. The van der Waals surface area contributed by atoms with Crippen molar-refractivity contribution in [3.05, 3.63) is 23.7 Å². The minimum Gasteiger partial charge on any atom is -0.465 e. The average Bonchev–Trinajstić information content (AvgIpc) is 2.74. The highest BCUT2D eigenvalue weighted by Gasteiger charge is 2.29. The van der Waals surface area contributed by atoms with E-state index in [2.05, 4.69) is 25.2 Å². The van der Waals surface area contributed by atoms with Gasteiger partial charge in [0.15, 0.2) is 0 Å². The summed E-state index contributed by atoms with van der Waals surface area (Å²) in [5.41, 5.74) is 0. The summed E-state index contributed by atoms with van der Waals surface area (Å²) in [7, 11) is 0. The molecular formula is C13H21NO. The van der Waals surface area contributed by atoms with Crippen molar-refractivity contribution in [3.8, 4) is 0 Å². The van der Waals surface area contributed by atoms with E-state index in [1.165, 1.54) is 12.8 Å². The fraction of sp³-hybridized carbons (Fsp3) is 0.692. The number of nitrogens with one attached hydrogen (secondary N) is 1. The minimum absolute atomic E-state index is 0.672. The molecule has 1 N–H and O–H groups in total. The molecule has 0 aliphatic heterocycles. The van der Waals surface area contributed by atoms with E-state index in [-0.39, 0.29) is 0 Å². The van der Waals surface area contributed by atoms with Crippen molar-refractivity contribution in [2.45, 2.75) is 46.2 Å². The molecule has 1 aliphatic carbocycles. The Morgan fingerprint density at radius 2 is 2.13 bits per heavy atom. The van der Waals surface area contributed by atoms with Gasteiger partial charge in [0.2, 0.25) is 0 Å². The molecule has 0 bridgehead atoms. The predicted octanol–water partition coefficient (Wildman–Crippen LogP) is 3.11. The van der Waals surface area contributed by atoms with Crippen LogP contribution in [0.3, 0.4) is 0 Å². The molecule has 0 amide bonds. The highest BCUT2D eigenvalue weighted by atomic mass is 16.3. The minimum atomic E-state index is 0.672. The summed E-state index contributed by atoms with van der Waals surface area (Å²) in [5, 5.41) is 3.60. The van der Waals surface area contributed by atoms with Crippen LogP contribution < -0.4 is 5.32 Å². The van der Waals surface area contributed by atoms with E-state index in [0.717, 1.165) is 29.9 Å². The first-order valence-electron chi connectivity index (χ1n) is 5.95. The maximum absolute atomic E-state index is 5.54. The second-order valence-corrected chi connectivity index (χ2v) is 4.91. The molecule has 2 heteroatoms. The van der Waals surface area contributed by atoms with Crippen molar-refractivity contribution >= 4 is 0 Å². The SMILES string of the molecule is Cc1ccc(CNC2CCC(C)C2C)o1. The molecule has 3 atom stereocenters. The third kappa shape index (κ3) is 2.43. The monoisotopic (exact) mass is 207 g/mol. The quantitative estimate of drug-likeness (QED) is 0.824. The molecule has 1 saturated carbocycles. The van der Waals surface area contributed by atoms with Crippen molar-refractivity contribution in [2.24, 2.45) is 11.8 Å². The van der Waals surface area contributed by atoms with Crippen LogP contribution in [-0.4, -0.2) is 6.04 Å². The maximum atomic E-state index is 5.54. The van der Waals surface area contributed by atoms with Crippen LogP contribution in [-0.2, 0) is 6.54 Å². The molecule has 0 saturated heterocycles. The van der Waals surface area contributed by atoms with E-state index in [1.54, 1.807) is 0 Å². The molecule has 1 aliphatic rings. The third-order valence-corrected chi connectivity index (χ3v) is 3.80. The summed E-state index contributed by atoms with van der Waals surface area (Å²) in [6, 6.07) is 4.76. The summed E-state index contributed by atoms with van der Waals surface area (Å²) < 4.78 is 5.54. The van der Waals surface area contributed by atoms with E-state index in [0.29, 0.717) is 6.04 Å². The maximum Gasteiger partial charge on any atom is 0.117 e. The van der Waals surface area contributed by atoms with Gasteiger partial charge in [0.1, 0.15) is 11.5 Å². The molecule has 0 aromatic carbocycles. The van der Waals surface area contributed by atoms with Gasteiger partial charge in [-0.25, -0.2) is 0 Å². The zero-order valence-corrected chi connectivity index (χ0v) is 9.92. The Morgan fingerprint density at radius 3 is 2.67 bits per heavy atom. The van der Waals surface area contributed by atoms with Crippen molar-refractivity contribution in [2.75, 3.05) is 0 Å². The van der Waals surface area contributed by atoms with Crippen molar-refractivity contribution in [3.63, 3.8) is 0 Å². The number of aryl methyl sites for hydroxylation is 1. The second kappa shape index (κ2) is 4.40. The van der Waals surface area contributed by atoms with Crippen molar-refractivity contribution < 1.29 is 4.42 Å². The van der Waals surface area contributed by atoms with Crippen LogP contribution in [0.2, 0.25) is 0 Å². The Balaban J connectivity index is 1.83. The highest BCUT2D eigenvalue weighted by molar-refractivity contribution is 5.05. The van der Waals surface area contributed by atoms with Gasteiger partial charge in [-0.1, -0.05) is 13.8 Å². The normalized spacial score (nSPS) is 31.0. The Bertz CT molecular complexity index is 318. The van der Waals surface area contributed by atoms with Gasteiger partial charge >= 0.3 is 0 Å². The molecule has 3 unspecified atom stereocenters. The van der Waals surface area contributed by atoms with E-state index in [4.69, 9.17) is 4.42 Å². The fourth-order valence-corrected chi connectivity index (χ4v) is 2.46. The van der Waals surface area contributed by atoms with Gasteiger partial charge in [0.05, 0.1) is 6.54 Å². The van der Waals surface area contributed by atoms with Crippen LogP contribution >= 0.6 is 0 Å². The Hall–Kier alpha value is -0.760. The van der Waals surface area contributed by atoms with Crippen molar-refractivity contribution in [1.82, 2.24) is 5.32 Å². The van der Waals surface area contributed by atoms with Gasteiger partial charge in [-0.15, -0.1) is 0 Å². The summed E-state index contributed by atoms with van der Waals surface area (Å²) in [4.78, 5) is 0. The molecule has 84 valence electrons. The molecular weight excluding hydrogens is 186 g/mol. The largest absolute Gasteiger partial charge is 0.465 e. The van der Waals surface area contributed by atoms with Crippen LogP contribution in [0.1, 0.15) is 38.2 Å². The first-order chi connectivity index (χ1) is 7.16. The van der Waals surface area contributed by atoms with E-state index in [9.17, 15) is 0 Å². The molecule has 2 rings (SSSR count). The third-order valence-electron chi connectivity index (χ3n) is 3.80. The summed E-state index contributed by atoms with van der Waals surface area (Å²) in [6.45, 7) is 7.56. The molecule has 0 spiro atoms. The molecule has 1 aromatic heterocycles. The average molecular weight is 207 g/mol. The van der Waals surface area contributed by atoms with Crippen LogP contribution in [0.25, 0.3) is 0 Å². The second-order valence-electron chi connectivity index (χ2n) is 4.91. The van der Waals surface area contributed by atoms with Gasteiger partial charge in [-0.05, 0) is 43.7 Å². The number of hydrogen-bond donors (Lipinski definition) is 1. The van der Waals surface area contributed by atoms with Gasteiger partial charge < -0.3 is 9.73 Å². The van der Waals surface area contributed by atoms with Crippen molar-refractivity contribution in [1.29, 1.82) is 0 Å². The number of rotatable bonds is 3. The standard InChI is InChI=1S/C13H21NO/c1-9-4-7-13(11(9)3)14-8-12-6-5-10(2)15-12/h5-6,9,11,13-14H,4,7-8H2,1-3H3. The smallest absolute Gasteiger partial charge is 0.117 e. The topological polar surface area (TPSA) is 25.2 Å². The lowest BCUT2D eigenvalue weighted by atomic mass is 9.98. The van der Waals surface area contributed by atoms with Crippen LogP contribution in [0.5, 0.6) is 0 Å². The lowest BCUT2D eigenvalue weighted by Crippen LogP contribution is -2.31. The first-order valence-corrected chi connectivity index (χ1v) is 5.95. The van der Waals surface area contributed by atoms with Gasteiger partial charge in [-0.2, -0.15) is 0 Å². The van der Waals surface area contributed by atoms with Gasteiger partial charge in [-0.3, -0.25) is 0 Å². The Morgan fingerprint density at radius 1 is 1.33 bits per heavy atom. The van der Waals surface area contributed by atoms with Crippen LogP contribution in [0.15, 0.2) is 16.5 Å². The summed E-state index contributed by atoms with van der Waals surface area (Å²) >= 11 is 0. The van der Waals surface area contributed by atoms with Gasteiger partial charge in [0.25, 0.3) is 0 Å². The lowest BCUT2D eigenvalue weighted by molar-refractivity contribution is 0.354. The van der Waals surface area contributed by atoms with Crippen LogP contribution in [0.4, 0.5) is 0 Å². The van der Waals surface area contributed by atoms with E-state index < -0.39 is 0 Å². The zero-order chi connectivity index (χ0) is 10.8. The van der Waals surface area contributed by atoms with Gasteiger partial charge in [0, 0.05) is 6.04 Å². The molecule has 2 nitrogen and oxygen atoms in total. The summed E-state index contributed by atoms with van der Waals surface area (Å²) in [6.07, 6.45) is 2.66. The first kappa shape index (κ1) is 10.7. The number of furan rings is 1. The summed E-state index contributed by atoms with van der Waals surface area (Å²) in [5.74, 6) is 3.71. The molecule has 1 aromatic rings. The highest BCUT2D eigenvalue weighted by Crippen LogP contribution is 2.31. The predicted molar refractivity (Wildman–Crippen MR) is 61.6 cm³/mol. The molecule has 1 fully saturated rings. The van der Waals surface area contributed by atoms with Crippen LogP contribution in [0, 0.1) is 18.8 Å². The lowest BCUT2D eigenvalue weighted by Gasteiger charge is -2.18. The van der Waals surface area contributed by atoms with E-state index >= 15 is 0 Å². The Kier molecular flexibility index (Phi) is 3.15. The fourth-order valence-electron chi connectivity index (χ4n) is 2.46. The molecule has 1 heterocycles. The molecule has 15 heavy (non-hydrogen) atoms. The number of hydrogen-bond acceptors (Lipinski definition) is 2. The zero-order valence-electron chi connectivity index (χ0n) is 9.92. The van der Waals surface area contributed by atoms with E-state index in [1.807, 2.05) is 13.0 Å². The Labute approximate surface area is 92.1 Å².